The van der Waals surface area contributed by atoms with Gasteiger partial charge in [0, 0.05) is 24.0 Å². The van der Waals surface area contributed by atoms with E-state index in [2.05, 4.69) is 10.1 Å². The zero-order valence-corrected chi connectivity index (χ0v) is 12.4. The van der Waals surface area contributed by atoms with E-state index in [0.29, 0.717) is 13.1 Å². The average molecular weight is 286 g/mol. The maximum absolute atomic E-state index is 12.2. The van der Waals surface area contributed by atoms with Gasteiger partial charge in [-0.1, -0.05) is 0 Å². The molecule has 1 aliphatic rings. The lowest BCUT2D eigenvalue weighted by Crippen LogP contribution is -2.35. The number of hydrogen-bond donors (Lipinski definition) is 0. The minimum atomic E-state index is -0.503. The Labute approximate surface area is 123 Å². The number of nitrogens with zero attached hydrogens (tertiary/aromatic N) is 4. The molecular weight excluding hydrogens is 268 g/mol. The normalized spacial score (nSPS) is 14.1. The van der Waals surface area contributed by atoms with E-state index >= 15 is 0 Å². The van der Waals surface area contributed by atoms with Crippen molar-refractivity contribution < 1.29 is 9.53 Å². The number of carbonyl (C=O) groups is 1. The summed E-state index contributed by atoms with van der Waals surface area (Å²) in [6, 6.07) is 5.71. The Morgan fingerprint density at radius 2 is 2.14 bits per heavy atom. The molecule has 2 aromatic rings. The second-order valence-corrected chi connectivity index (χ2v) is 5.98. The topological polar surface area (TPSA) is 60.2 Å². The van der Waals surface area contributed by atoms with Crippen LogP contribution in [0.15, 0.2) is 30.6 Å². The first-order valence-corrected chi connectivity index (χ1v) is 6.93. The predicted octanol–water partition coefficient (Wildman–Crippen LogP) is 2.70. The van der Waals surface area contributed by atoms with E-state index in [1.54, 1.807) is 17.3 Å². The van der Waals surface area contributed by atoms with Crippen LogP contribution in [-0.2, 0) is 11.3 Å². The molecule has 110 valence electrons. The fourth-order valence-corrected chi connectivity index (χ4v) is 2.26. The van der Waals surface area contributed by atoms with Gasteiger partial charge in [0.2, 0.25) is 0 Å². The van der Waals surface area contributed by atoms with Crippen molar-refractivity contribution in [3.05, 3.63) is 30.6 Å². The Kier molecular flexibility index (Phi) is 3.16. The minimum absolute atomic E-state index is 0.334. The van der Waals surface area contributed by atoms with E-state index in [9.17, 15) is 4.79 Å². The fourth-order valence-electron chi connectivity index (χ4n) is 2.26. The summed E-state index contributed by atoms with van der Waals surface area (Å²) >= 11 is 0. The molecule has 6 nitrogen and oxygen atoms in total. The van der Waals surface area contributed by atoms with Gasteiger partial charge in [0.25, 0.3) is 0 Å². The molecule has 0 unspecified atom stereocenters. The Bertz CT molecular complexity index is 658. The van der Waals surface area contributed by atoms with Gasteiger partial charge in [-0.05, 0) is 32.9 Å². The molecule has 3 heterocycles. The van der Waals surface area contributed by atoms with Crippen LogP contribution in [0.1, 0.15) is 20.8 Å². The van der Waals surface area contributed by atoms with Crippen LogP contribution in [0, 0.1) is 0 Å². The van der Waals surface area contributed by atoms with Gasteiger partial charge in [0.15, 0.2) is 0 Å². The molecule has 6 heteroatoms. The van der Waals surface area contributed by atoms with Crippen LogP contribution in [0.25, 0.3) is 11.3 Å². The highest BCUT2D eigenvalue weighted by Gasteiger charge is 2.30. The first kappa shape index (κ1) is 13.6. The number of fused-ring (bicyclic) bond motifs is 1. The first-order chi connectivity index (χ1) is 9.94. The molecule has 2 aromatic heterocycles. The van der Waals surface area contributed by atoms with Crippen molar-refractivity contribution in [3.8, 4) is 11.3 Å². The Morgan fingerprint density at radius 3 is 2.81 bits per heavy atom. The Hall–Kier alpha value is -2.37. The van der Waals surface area contributed by atoms with Crippen molar-refractivity contribution in [2.24, 2.45) is 0 Å². The van der Waals surface area contributed by atoms with E-state index in [4.69, 9.17) is 4.74 Å². The van der Waals surface area contributed by atoms with Crippen molar-refractivity contribution in [3.63, 3.8) is 0 Å². The molecule has 0 aromatic carbocycles. The van der Waals surface area contributed by atoms with E-state index in [1.807, 2.05) is 43.7 Å². The molecule has 0 fully saturated rings. The third-order valence-corrected chi connectivity index (χ3v) is 3.14. The lowest BCUT2D eigenvalue weighted by atomic mass is 10.2. The second kappa shape index (κ2) is 4.87. The van der Waals surface area contributed by atoms with Crippen molar-refractivity contribution in [1.82, 2.24) is 14.8 Å². The molecule has 1 amide bonds. The third kappa shape index (κ3) is 2.74. The van der Waals surface area contributed by atoms with Gasteiger partial charge in [-0.15, -0.1) is 0 Å². The molecule has 0 N–H and O–H groups in total. The third-order valence-electron chi connectivity index (χ3n) is 3.14. The molecule has 0 saturated carbocycles. The number of amides is 1. The van der Waals surface area contributed by atoms with Crippen LogP contribution in [0.4, 0.5) is 10.6 Å². The predicted molar refractivity (Wildman–Crippen MR) is 79.0 cm³/mol. The van der Waals surface area contributed by atoms with Crippen molar-refractivity contribution >= 4 is 11.9 Å². The van der Waals surface area contributed by atoms with Crippen molar-refractivity contribution in [2.75, 3.05) is 11.4 Å². The Balaban J connectivity index is 1.86. The second-order valence-electron chi connectivity index (χ2n) is 5.98. The highest BCUT2D eigenvalue weighted by atomic mass is 16.6. The van der Waals surface area contributed by atoms with Crippen LogP contribution in [0.3, 0.4) is 0 Å². The molecule has 1 aliphatic heterocycles. The molecular formula is C15H18N4O2. The van der Waals surface area contributed by atoms with E-state index in [1.165, 1.54) is 0 Å². The number of ether oxygens (including phenoxy) is 1. The van der Waals surface area contributed by atoms with Crippen LogP contribution >= 0.6 is 0 Å². The van der Waals surface area contributed by atoms with Crippen LogP contribution in [-0.4, -0.2) is 33.0 Å². The largest absolute Gasteiger partial charge is 0.443 e. The number of hydrogen-bond acceptors (Lipinski definition) is 4. The summed E-state index contributed by atoms with van der Waals surface area (Å²) in [5, 5.41) is 4.52. The van der Waals surface area contributed by atoms with Gasteiger partial charge >= 0.3 is 6.09 Å². The quantitative estimate of drug-likeness (QED) is 0.808. The summed E-state index contributed by atoms with van der Waals surface area (Å²) in [5.74, 6) is 0.767. The van der Waals surface area contributed by atoms with Gasteiger partial charge in [0.05, 0.1) is 18.8 Å². The number of anilines is 1. The number of rotatable bonds is 1. The van der Waals surface area contributed by atoms with E-state index < -0.39 is 5.60 Å². The van der Waals surface area contributed by atoms with Crippen molar-refractivity contribution in [2.45, 2.75) is 32.9 Å². The maximum atomic E-state index is 12.2. The number of pyridine rings is 1. The lowest BCUT2D eigenvalue weighted by Gasteiger charge is -2.23. The summed E-state index contributed by atoms with van der Waals surface area (Å²) in [5.41, 5.74) is 1.24. The summed E-state index contributed by atoms with van der Waals surface area (Å²) < 4.78 is 7.25. The molecule has 21 heavy (non-hydrogen) atoms. The molecule has 0 aliphatic carbocycles. The standard InChI is InChI=1S/C15H18N4O2/c1-15(2,3)21-14(20)18-7-8-19-13(18)9-12(17-19)11-5-4-6-16-10-11/h4-6,9-10H,7-8H2,1-3H3. The first-order valence-electron chi connectivity index (χ1n) is 6.93. The monoisotopic (exact) mass is 286 g/mol. The van der Waals surface area contributed by atoms with Gasteiger partial charge < -0.3 is 4.74 Å². The van der Waals surface area contributed by atoms with E-state index in [0.717, 1.165) is 17.1 Å². The lowest BCUT2D eigenvalue weighted by molar-refractivity contribution is 0.0584. The smallest absolute Gasteiger partial charge is 0.416 e. The number of carbonyl (C=O) groups excluding carboxylic acids is 1. The SMILES string of the molecule is CC(C)(C)OC(=O)N1CCn2nc(-c3cccnc3)cc21. The average Bonchev–Trinajstić information content (AvgIpc) is 2.96. The summed E-state index contributed by atoms with van der Waals surface area (Å²) in [6.45, 7) is 6.84. The summed E-state index contributed by atoms with van der Waals surface area (Å²) in [6.07, 6.45) is 3.15. The highest BCUT2D eigenvalue weighted by Crippen LogP contribution is 2.28. The molecule has 0 saturated heterocycles. The Morgan fingerprint density at radius 1 is 1.33 bits per heavy atom. The van der Waals surface area contributed by atoms with Crippen LogP contribution in [0.5, 0.6) is 0 Å². The molecule has 3 rings (SSSR count). The van der Waals surface area contributed by atoms with Crippen molar-refractivity contribution in [1.29, 1.82) is 0 Å². The molecule has 0 radical (unpaired) electrons. The van der Waals surface area contributed by atoms with Gasteiger partial charge in [-0.25, -0.2) is 9.48 Å². The van der Waals surface area contributed by atoms with E-state index in [-0.39, 0.29) is 6.09 Å². The maximum Gasteiger partial charge on any atom is 0.416 e. The number of aromatic nitrogens is 3. The fraction of sp³-hybridized carbons (Fsp3) is 0.400. The highest BCUT2D eigenvalue weighted by molar-refractivity contribution is 5.88. The van der Waals surface area contributed by atoms with Crippen LogP contribution in [0.2, 0.25) is 0 Å². The van der Waals surface area contributed by atoms with Gasteiger partial charge in [-0.2, -0.15) is 5.10 Å². The van der Waals surface area contributed by atoms with Gasteiger partial charge in [0.1, 0.15) is 11.4 Å². The molecule has 0 atom stereocenters. The van der Waals surface area contributed by atoms with Crippen LogP contribution < -0.4 is 4.90 Å². The summed E-state index contributed by atoms with van der Waals surface area (Å²) in [4.78, 5) is 17.9. The zero-order chi connectivity index (χ0) is 15.0. The van der Waals surface area contributed by atoms with Gasteiger partial charge in [-0.3, -0.25) is 9.88 Å². The molecule has 0 bridgehead atoms. The zero-order valence-electron chi connectivity index (χ0n) is 12.4. The summed E-state index contributed by atoms with van der Waals surface area (Å²) in [7, 11) is 0. The minimum Gasteiger partial charge on any atom is -0.443 e. The molecule has 0 spiro atoms.